The second-order valence-electron chi connectivity index (χ2n) is 6.67. The first-order chi connectivity index (χ1) is 15.2. The van der Waals surface area contributed by atoms with E-state index in [0.29, 0.717) is 17.1 Å². The molecule has 4 heterocycles. The van der Waals surface area contributed by atoms with Gasteiger partial charge in [-0.15, -0.1) is 11.3 Å². The minimum Gasteiger partial charge on any atom is -0.480 e. The summed E-state index contributed by atoms with van der Waals surface area (Å²) in [5.41, 5.74) is 1.90. The summed E-state index contributed by atoms with van der Waals surface area (Å²) < 4.78 is 0. The lowest BCUT2D eigenvalue weighted by Gasteiger charge is -2.32. The zero-order valence-corrected chi connectivity index (χ0v) is 19.2. The minimum atomic E-state index is -0.850. The van der Waals surface area contributed by atoms with Gasteiger partial charge in [-0.1, -0.05) is 48.0 Å². The van der Waals surface area contributed by atoms with Crippen molar-refractivity contribution in [3.63, 3.8) is 0 Å². The quantitative estimate of drug-likeness (QED) is 0.375. The molecule has 0 unspecified atom stereocenters. The van der Waals surface area contributed by atoms with Crippen LogP contribution in [0.5, 0.6) is 0 Å². The number of hydrogen-bond acceptors (Lipinski definition) is 5. The summed E-state index contributed by atoms with van der Waals surface area (Å²) in [5, 5.41) is 16.3. The third-order valence-corrected chi connectivity index (χ3v) is 6.62. The molecular formula is C24H23ClN2O2S2. The first-order valence-corrected chi connectivity index (χ1v) is 12.0. The molecule has 0 radical (unpaired) electrons. The number of thiophene rings is 2. The fourth-order valence-electron chi connectivity index (χ4n) is 3.21. The van der Waals surface area contributed by atoms with Gasteiger partial charge in [-0.25, -0.2) is 0 Å². The molecule has 1 aliphatic heterocycles. The van der Waals surface area contributed by atoms with E-state index in [-0.39, 0.29) is 0 Å². The summed E-state index contributed by atoms with van der Waals surface area (Å²) >= 11 is 9.63. The van der Waals surface area contributed by atoms with E-state index in [1.54, 1.807) is 47.2 Å². The largest absolute Gasteiger partial charge is 0.480 e. The predicted octanol–water partition coefficient (Wildman–Crippen LogP) is 6.42. The van der Waals surface area contributed by atoms with E-state index in [1.807, 2.05) is 58.1 Å². The number of aliphatic carboxylic acids is 1. The molecule has 31 heavy (non-hydrogen) atoms. The highest BCUT2D eigenvalue weighted by Crippen LogP contribution is 2.33. The highest BCUT2D eigenvalue weighted by atomic mass is 35.5. The Bertz CT molecular complexity index is 995. The Morgan fingerprint density at radius 1 is 1.00 bits per heavy atom. The van der Waals surface area contributed by atoms with Crippen molar-refractivity contribution in [3.8, 4) is 0 Å². The molecule has 0 spiro atoms. The maximum atomic E-state index is 11.7. The smallest absolute Gasteiger partial charge is 0.325 e. The topological polar surface area (TPSA) is 53.4 Å². The van der Waals surface area contributed by atoms with E-state index in [1.165, 1.54) is 10.4 Å². The van der Waals surface area contributed by atoms with E-state index in [9.17, 15) is 9.90 Å². The molecule has 0 saturated carbocycles. The molecule has 0 fully saturated rings. The molecule has 7 heteroatoms. The molecule has 5 rings (SSSR count). The van der Waals surface area contributed by atoms with Crippen LogP contribution in [-0.2, 0) is 17.8 Å². The van der Waals surface area contributed by atoms with Crippen molar-refractivity contribution in [3.05, 3.63) is 110 Å². The van der Waals surface area contributed by atoms with Crippen molar-refractivity contribution in [2.24, 2.45) is 0 Å². The number of rotatable bonds is 3. The molecule has 0 amide bonds. The number of pyridine rings is 1. The zero-order chi connectivity index (χ0) is 21.9. The van der Waals surface area contributed by atoms with E-state index < -0.39 is 12.0 Å². The van der Waals surface area contributed by atoms with Crippen LogP contribution in [0.15, 0.2) is 89.2 Å². The van der Waals surface area contributed by atoms with Gasteiger partial charge in [0.25, 0.3) is 0 Å². The average Bonchev–Trinajstić information content (AvgIpc) is 3.52. The maximum absolute atomic E-state index is 11.7. The fraction of sp³-hybridized carbons (Fsp3) is 0.167. The summed E-state index contributed by atoms with van der Waals surface area (Å²) in [4.78, 5) is 18.8. The number of carboxylic acid groups (broad SMARTS) is 1. The number of hydrogen-bond donors (Lipinski definition) is 1. The van der Waals surface area contributed by atoms with Gasteiger partial charge in [-0.05, 0) is 58.0 Å². The third-order valence-electron chi connectivity index (χ3n) is 4.63. The van der Waals surface area contributed by atoms with E-state index in [2.05, 4.69) is 16.4 Å². The lowest BCUT2D eigenvalue weighted by molar-refractivity contribution is -0.144. The minimum absolute atomic E-state index is 0.510. The van der Waals surface area contributed by atoms with Crippen LogP contribution < -0.4 is 0 Å². The Kier molecular flexibility index (Phi) is 9.24. The van der Waals surface area contributed by atoms with Gasteiger partial charge >= 0.3 is 5.97 Å². The Hall–Kier alpha value is -2.51. The molecule has 4 aromatic rings. The van der Waals surface area contributed by atoms with Crippen molar-refractivity contribution in [2.45, 2.75) is 19.0 Å². The van der Waals surface area contributed by atoms with Gasteiger partial charge in [0.15, 0.2) is 0 Å². The molecule has 0 saturated heterocycles. The van der Waals surface area contributed by atoms with Crippen molar-refractivity contribution in [2.75, 3.05) is 6.54 Å². The number of fused-ring (bicyclic) bond motifs is 1. The first-order valence-electron chi connectivity index (χ1n) is 9.75. The molecule has 160 valence electrons. The summed E-state index contributed by atoms with van der Waals surface area (Å²) in [6.07, 6.45) is 4.40. The van der Waals surface area contributed by atoms with Crippen LogP contribution in [-0.4, -0.2) is 27.5 Å². The third kappa shape index (κ3) is 7.01. The molecule has 1 aromatic carbocycles. The number of carboxylic acids is 1. The van der Waals surface area contributed by atoms with Gasteiger partial charge in [0.05, 0.1) is 0 Å². The summed E-state index contributed by atoms with van der Waals surface area (Å²) in [5.74, 6) is -0.850. The molecule has 1 atom stereocenters. The van der Waals surface area contributed by atoms with Crippen LogP contribution in [0.4, 0.5) is 0 Å². The summed E-state index contributed by atoms with van der Waals surface area (Å²) in [6.45, 7) is 1.41. The zero-order valence-electron chi connectivity index (χ0n) is 16.8. The van der Waals surface area contributed by atoms with Gasteiger partial charge in [0.1, 0.15) is 6.04 Å². The normalized spacial score (nSPS) is 13.6. The Balaban J connectivity index is 0.000000201. The molecule has 0 aliphatic carbocycles. The molecule has 3 aromatic heterocycles. The van der Waals surface area contributed by atoms with Gasteiger partial charge in [0, 0.05) is 35.4 Å². The second-order valence-corrected chi connectivity index (χ2v) is 8.89. The SMILES string of the molecule is O=C(O)[C@H](c1ccccc1Cl)N1CCc2sccc2C1.c1ccncc1.c1ccsc1. The Labute approximate surface area is 195 Å². The number of halogens is 1. The van der Waals surface area contributed by atoms with Crippen LogP contribution in [0.25, 0.3) is 0 Å². The van der Waals surface area contributed by atoms with Crippen molar-refractivity contribution >= 4 is 40.2 Å². The monoisotopic (exact) mass is 470 g/mol. The van der Waals surface area contributed by atoms with Crippen LogP contribution in [0, 0.1) is 0 Å². The summed E-state index contributed by atoms with van der Waals surface area (Å²) in [6, 6.07) is 18.3. The highest BCUT2D eigenvalue weighted by molar-refractivity contribution is 7.10. The van der Waals surface area contributed by atoms with Crippen molar-refractivity contribution in [1.82, 2.24) is 9.88 Å². The maximum Gasteiger partial charge on any atom is 0.325 e. The average molecular weight is 471 g/mol. The highest BCUT2D eigenvalue weighted by Gasteiger charge is 2.31. The van der Waals surface area contributed by atoms with E-state index >= 15 is 0 Å². The van der Waals surface area contributed by atoms with Gasteiger partial charge in [0.2, 0.25) is 0 Å². The second kappa shape index (κ2) is 12.4. The van der Waals surface area contributed by atoms with Crippen LogP contribution >= 0.6 is 34.3 Å². The van der Waals surface area contributed by atoms with Gasteiger partial charge < -0.3 is 5.11 Å². The fourth-order valence-corrected chi connectivity index (χ4v) is 4.80. The summed E-state index contributed by atoms with van der Waals surface area (Å²) in [7, 11) is 0. The van der Waals surface area contributed by atoms with Gasteiger partial charge in [-0.3, -0.25) is 14.7 Å². The molecule has 1 N–H and O–H groups in total. The van der Waals surface area contributed by atoms with Crippen molar-refractivity contribution < 1.29 is 9.90 Å². The molecule has 0 bridgehead atoms. The van der Waals surface area contributed by atoms with Gasteiger partial charge in [-0.2, -0.15) is 11.3 Å². The molecule has 4 nitrogen and oxygen atoms in total. The Morgan fingerprint density at radius 2 is 1.74 bits per heavy atom. The predicted molar refractivity (Wildman–Crippen MR) is 129 cm³/mol. The lowest BCUT2D eigenvalue weighted by Crippen LogP contribution is -2.37. The molecular weight excluding hydrogens is 448 g/mol. The number of carbonyl (C=O) groups is 1. The van der Waals surface area contributed by atoms with Crippen molar-refractivity contribution in [1.29, 1.82) is 0 Å². The molecule has 1 aliphatic rings. The first kappa shape index (κ1) is 23.2. The van der Waals surface area contributed by atoms with E-state index in [0.717, 1.165) is 13.0 Å². The van der Waals surface area contributed by atoms with Crippen LogP contribution in [0.1, 0.15) is 22.0 Å². The van der Waals surface area contributed by atoms with Crippen LogP contribution in [0.2, 0.25) is 5.02 Å². The number of nitrogens with zero attached hydrogens (tertiary/aromatic N) is 2. The number of aromatic nitrogens is 1. The lowest BCUT2D eigenvalue weighted by atomic mass is 10.0. The van der Waals surface area contributed by atoms with Crippen LogP contribution in [0.3, 0.4) is 0 Å². The number of benzene rings is 1. The standard InChI is InChI=1S/C15H14ClNO2S.C5H5N.C4H4S/c16-12-4-2-1-3-11(12)14(15(18)19)17-7-5-13-10(9-17)6-8-20-13;1-2-4-6-5-3-1;1-2-4-5-3-1/h1-4,6,8,14H,5,7,9H2,(H,18,19);1-5H;1-4H/t14-;;/m0../s1. The Morgan fingerprint density at radius 3 is 2.29 bits per heavy atom. The van der Waals surface area contributed by atoms with E-state index in [4.69, 9.17) is 11.6 Å².